The summed E-state index contributed by atoms with van der Waals surface area (Å²) in [5, 5.41) is 5.31. The Morgan fingerprint density at radius 3 is 2.34 bits per heavy atom. The molecule has 1 unspecified atom stereocenters. The highest BCUT2D eigenvalue weighted by atomic mass is 16.5. The van der Waals surface area contributed by atoms with E-state index in [9.17, 15) is 19.2 Å². The van der Waals surface area contributed by atoms with Gasteiger partial charge in [-0.3, -0.25) is 29.4 Å². The third kappa shape index (κ3) is 5.68. The number of imide groups is 2. The number of hydrogen-bond acceptors (Lipinski definition) is 8. The van der Waals surface area contributed by atoms with Crippen molar-refractivity contribution in [2.24, 2.45) is 0 Å². The van der Waals surface area contributed by atoms with Crippen molar-refractivity contribution in [3.63, 3.8) is 0 Å². The maximum absolute atomic E-state index is 13.0. The van der Waals surface area contributed by atoms with Gasteiger partial charge in [0.1, 0.15) is 6.04 Å². The van der Waals surface area contributed by atoms with E-state index in [0.29, 0.717) is 51.9 Å². The molecule has 3 rings (SSSR count). The summed E-state index contributed by atoms with van der Waals surface area (Å²) in [5.74, 6) is -2.11. The van der Waals surface area contributed by atoms with Gasteiger partial charge in [0.25, 0.3) is 11.8 Å². The lowest BCUT2D eigenvalue weighted by atomic mass is 10.0. The molecule has 2 heterocycles. The SMILES string of the molecule is [NH3+]CCOCCOCCOCCNc1cccc2c1C(=O)N(C1CCC(=O)NC1=O)C2=O. The van der Waals surface area contributed by atoms with Crippen LogP contribution < -0.4 is 16.4 Å². The van der Waals surface area contributed by atoms with Gasteiger partial charge in [-0.1, -0.05) is 6.07 Å². The molecule has 174 valence electrons. The first-order valence-corrected chi connectivity index (χ1v) is 10.7. The van der Waals surface area contributed by atoms with Crippen molar-refractivity contribution in [1.29, 1.82) is 0 Å². The van der Waals surface area contributed by atoms with Crippen LogP contribution in [0.1, 0.15) is 33.6 Å². The Kier molecular flexibility index (Phi) is 8.68. The summed E-state index contributed by atoms with van der Waals surface area (Å²) in [6.07, 6.45) is 0.204. The number of hydrogen-bond donors (Lipinski definition) is 3. The van der Waals surface area contributed by atoms with Gasteiger partial charge in [-0.15, -0.1) is 0 Å². The van der Waals surface area contributed by atoms with Gasteiger partial charge >= 0.3 is 0 Å². The van der Waals surface area contributed by atoms with E-state index in [2.05, 4.69) is 16.4 Å². The molecule has 5 N–H and O–H groups in total. The molecule has 11 heteroatoms. The van der Waals surface area contributed by atoms with E-state index in [1.54, 1.807) is 18.2 Å². The molecule has 1 aromatic carbocycles. The lowest BCUT2D eigenvalue weighted by molar-refractivity contribution is -0.374. The second-order valence-corrected chi connectivity index (χ2v) is 7.29. The summed E-state index contributed by atoms with van der Waals surface area (Å²) in [7, 11) is 0. The van der Waals surface area contributed by atoms with Crippen molar-refractivity contribution in [1.82, 2.24) is 10.2 Å². The van der Waals surface area contributed by atoms with Gasteiger partial charge in [0.15, 0.2) is 0 Å². The molecule has 1 fully saturated rings. The zero-order valence-electron chi connectivity index (χ0n) is 17.9. The monoisotopic (exact) mass is 449 g/mol. The number of anilines is 1. The van der Waals surface area contributed by atoms with Crippen LogP contribution in [0, 0.1) is 0 Å². The molecule has 0 spiro atoms. The molecule has 2 aliphatic heterocycles. The molecule has 1 atom stereocenters. The van der Waals surface area contributed by atoms with Gasteiger partial charge in [0.05, 0.1) is 57.3 Å². The van der Waals surface area contributed by atoms with Crippen LogP contribution in [-0.4, -0.2) is 87.3 Å². The minimum Gasteiger partial charge on any atom is -0.382 e. The van der Waals surface area contributed by atoms with Gasteiger partial charge in [-0.05, 0) is 18.6 Å². The summed E-state index contributed by atoms with van der Waals surface area (Å²) < 4.78 is 16.1. The minimum atomic E-state index is -0.986. The van der Waals surface area contributed by atoms with E-state index in [1.807, 2.05) is 0 Å². The van der Waals surface area contributed by atoms with Crippen LogP contribution in [0.25, 0.3) is 0 Å². The molecular formula is C21H29N4O7+. The molecule has 32 heavy (non-hydrogen) atoms. The Hall–Kier alpha value is -2.86. The first kappa shape index (κ1) is 23.8. The van der Waals surface area contributed by atoms with E-state index in [-0.39, 0.29) is 24.0 Å². The molecule has 1 saturated heterocycles. The van der Waals surface area contributed by atoms with E-state index in [0.717, 1.165) is 11.4 Å². The van der Waals surface area contributed by atoms with Crippen LogP contribution in [0.4, 0.5) is 5.69 Å². The quantitative estimate of drug-likeness (QED) is 0.251. The molecule has 0 aliphatic carbocycles. The number of rotatable bonds is 13. The van der Waals surface area contributed by atoms with Crippen molar-refractivity contribution < 1.29 is 39.1 Å². The van der Waals surface area contributed by atoms with Crippen LogP contribution in [-0.2, 0) is 23.8 Å². The fourth-order valence-corrected chi connectivity index (χ4v) is 3.56. The van der Waals surface area contributed by atoms with Crippen molar-refractivity contribution in [2.75, 3.05) is 58.0 Å². The number of carbonyl (C=O) groups is 4. The molecule has 4 amide bonds. The Labute approximate surface area is 185 Å². The van der Waals surface area contributed by atoms with E-state index in [4.69, 9.17) is 14.2 Å². The van der Waals surface area contributed by atoms with E-state index < -0.39 is 29.7 Å². The number of carbonyl (C=O) groups excluding carboxylic acids is 4. The number of nitrogens with one attached hydrogen (secondary N) is 2. The largest absolute Gasteiger partial charge is 0.382 e. The minimum absolute atomic E-state index is 0.0826. The lowest BCUT2D eigenvalue weighted by Gasteiger charge is -2.27. The molecule has 0 aromatic heterocycles. The highest BCUT2D eigenvalue weighted by Crippen LogP contribution is 2.32. The van der Waals surface area contributed by atoms with Gasteiger partial charge < -0.3 is 25.3 Å². The fraction of sp³-hybridized carbons (Fsp3) is 0.524. The number of benzene rings is 1. The highest BCUT2D eigenvalue weighted by molar-refractivity contribution is 6.25. The number of nitrogens with zero attached hydrogens (tertiary/aromatic N) is 1. The van der Waals surface area contributed by atoms with Crippen LogP contribution in [0.15, 0.2) is 18.2 Å². The maximum Gasteiger partial charge on any atom is 0.264 e. The summed E-state index contributed by atoms with van der Waals surface area (Å²) in [4.78, 5) is 50.3. The predicted molar refractivity (Wildman–Crippen MR) is 112 cm³/mol. The maximum atomic E-state index is 13.0. The second kappa shape index (κ2) is 11.7. The number of piperidine rings is 1. The van der Waals surface area contributed by atoms with Crippen molar-refractivity contribution in [2.45, 2.75) is 18.9 Å². The van der Waals surface area contributed by atoms with Crippen LogP contribution in [0.3, 0.4) is 0 Å². The van der Waals surface area contributed by atoms with Crippen LogP contribution in [0.5, 0.6) is 0 Å². The molecule has 2 aliphatic rings. The van der Waals surface area contributed by atoms with E-state index >= 15 is 0 Å². The third-order valence-electron chi connectivity index (χ3n) is 5.06. The van der Waals surface area contributed by atoms with E-state index in [1.165, 1.54) is 0 Å². The average molecular weight is 449 g/mol. The summed E-state index contributed by atoms with van der Waals surface area (Å²) >= 11 is 0. The van der Waals surface area contributed by atoms with Crippen molar-refractivity contribution >= 4 is 29.3 Å². The van der Waals surface area contributed by atoms with Crippen LogP contribution in [0.2, 0.25) is 0 Å². The molecular weight excluding hydrogens is 420 g/mol. The zero-order valence-corrected chi connectivity index (χ0v) is 17.9. The third-order valence-corrected chi connectivity index (χ3v) is 5.06. The summed E-state index contributed by atoms with van der Waals surface area (Å²) in [5.41, 5.74) is 4.65. The Morgan fingerprint density at radius 2 is 1.66 bits per heavy atom. The smallest absolute Gasteiger partial charge is 0.264 e. The molecule has 1 aromatic rings. The topological polar surface area (TPSA) is 151 Å². The van der Waals surface area contributed by atoms with Gasteiger partial charge in [0.2, 0.25) is 11.8 Å². The molecule has 11 nitrogen and oxygen atoms in total. The predicted octanol–water partition coefficient (Wildman–Crippen LogP) is -1.21. The standard InChI is InChI=1S/C21H28N4O7/c22-6-8-30-10-12-32-13-11-31-9-7-23-15-3-1-2-14-18(15)21(29)25(20(14)28)16-4-5-17(26)24-19(16)27/h1-3,16,23H,4-13,22H2,(H,24,26,27)/p+1. The normalized spacial score (nSPS) is 18.2. The lowest BCUT2D eigenvalue weighted by Crippen LogP contribution is -2.54. The number of ether oxygens (including phenoxy) is 3. The first-order valence-electron chi connectivity index (χ1n) is 10.7. The summed E-state index contributed by atoms with van der Waals surface area (Å²) in [6, 6.07) is 3.94. The van der Waals surface area contributed by atoms with Crippen molar-refractivity contribution in [3.05, 3.63) is 29.3 Å². The number of amides is 4. The number of fused-ring (bicyclic) bond motifs is 1. The Balaban J connectivity index is 1.47. The van der Waals surface area contributed by atoms with Crippen molar-refractivity contribution in [3.8, 4) is 0 Å². The van der Waals surface area contributed by atoms with Crippen LogP contribution >= 0.6 is 0 Å². The highest BCUT2D eigenvalue weighted by Gasteiger charge is 2.45. The first-order chi connectivity index (χ1) is 15.5. The van der Waals surface area contributed by atoms with Gasteiger partial charge in [-0.25, -0.2) is 0 Å². The average Bonchev–Trinajstić information content (AvgIpc) is 3.03. The Morgan fingerprint density at radius 1 is 0.969 bits per heavy atom. The molecule has 0 bridgehead atoms. The second-order valence-electron chi connectivity index (χ2n) is 7.29. The summed E-state index contributed by atoms with van der Waals surface area (Å²) in [6.45, 7) is 4.04. The molecule has 0 radical (unpaired) electrons. The fourth-order valence-electron chi connectivity index (χ4n) is 3.56. The van der Waals surface area contributed by atoms with Gasteiger partial charge in [0, 0.05) is 18.7 Å². The number of quaternary nitrogens is 1. The van der Waals surface area contributed by atoms with Gasteiger partial charge in [-0.2, -0.15) is 0 Å². The Bertz CT molecular complexity index is 861. The zero-order chi connectivity index (χ0) is 22.9. The molecule has 0 saturated carbocycles.